The third-order valence-corrected chi connectivity index (χ3v) is 3.18. The van der Waals surface area contributed by atoms with Gasteiger partial charge in [0.2, 0.25) is 5.88 Å². The van der Waals surface area contributed by atoms with Crippen molar-refractivity contribution in [2.24, 2.45) is 5.92 Å². The fourth-order valence-corrected chi connectivity index (χ4v) is 2.08. The lowest BCUT2D eigenvalue weighted by Gasteiger charge is -2.27. The first-order chi connectivity index (χ1) is 8.20. The average Bonchev–Trinajstić information content (AvgIpc) is 2.36. The summed E-state index contributed by atoms with van der Waals surface area (Å²) in [6.45, 7) is 0.234. The molecular weight excluding hydrogens is 222 g/mol. The van der Waals surface area contributed by atoms with Crippen LogP contribution in [0.3, 0.4) is 0 Å². The highest BCUT2D eigenvalue weighted by Gasteiger charge is 2.23. The number of ether oxygens (including phenoxy) is 1. The lowest BCUT2D eigenvalue weighted by Crippen LogP contribution is -2.27. The van der Waals surface area contributed by atoms with Crippen LogP contribution in [0.2, 0.25) is 0 Å². The predicted octanol–water partition coefficient (Wildman–Crippen LogP) is 0.282. The van der Waals surface area contributed by atoms with Crippen LogP contribution in [0.15, 0.2) is 11.1 Å². The number of H-pyrrole nitrogens is 1. The molecule has 6 heteroatoms. The van der Waals surface area contributed by atoms with Crippen molar-refractivity contribution in [1.82, 2.24) is 9.97 Å². The zero-order valence-corrected chi connectivity index (χ0v) is 9.56. The molecular formula is C11H17N3O3. The number of aromatic nitrogens is 2. The van der Waals surface area contributed by atoms with E-state index in [0.29, 0.717) is 5.92 Å². The SMILES string of the molecule is Nc1c(OC2CCC(CO)CC2)nc[nH]c1=O. The zero-order chi connectivity index (χ0) is 12.3. The Balaban J connectivity index is 1.98. The number of aliphatic hydroxyl groups is 1. The number of nitrogens with one attached hydrogen (secondary N) is 1. The molecule has 0 aromatic carbocycles. The largest absolute Gasteiger partial charge is 0.473 e. The quantitative estimate of drug-likeness (QED) is 0.703. The van der Waals surface area contributed by atoms with Crippen LogP contribution in [0.4, 0.5) is 5.69 Å². The van der Waals surface area contributed by atoms with Gasteiger partial charge in [-0.25, -0.2) is 4.98 Å². The average molecular weight is 239 g/mol. The van der Waals surface area contributed by atoms with Crippen molar-refractivity contribution in [2.45, 2.75) is 31.8 Å². The van der Waals surface area contributed by atoms with E-state index in [2.05, 4.69) is 9.97 Å². The molecule has 0 spiro atoms. The van der Waals surface area contributed by atoms with E-state index in [1.807, 2.05) is 0 Å². The number of nitrogens with two attached hydrogens (primary N) is 1. The molecule has 2 rings (SSSR count). The van der Waals surface area contributed by atoms with Gasteiger partial charge < -0.3 is 20.6 Å². The number of rotatable bonds is 3. The maximum atomic E-state index is 11.2. The molecule has 4 N–H and O–H groups in total. The van der Waals surface area contributed by atoms with Crippen LogP contribution in [0.1, 0.15) is 25.7 Å². The molecule has 0 atom stereocenters. The minimum Gasteiger partial charge on any atom is -0.473 e. The van der Waals surface area contributed by atoms with Crippen molar-refractivity contribution >= 4 is 5.69 Å². The lowest BCUT2D eigenvalue weighted by molar-refractivity contribution is 0.101. The summed E-state index contributed by atoms with van der Waals surface area (Å²) in [5.41, 5.74) is 5.23. The van der Waals surface area contributed by atoms with Crippen molar-refractivity contribution in [3.05, 3.63) is 16.7 Å². The van der Waals surface area contributed by atoms with Crippen LogP contribution < -0.4 is 16.0 Å². The van der Waals surface area contributed by atoms with E-state index in [-0.39, 0.29) is 29.8 Å². The molecule has 0 aliphatic heterocycles. The van der Waals surface area contributed by atoms with E-state index in [0.717, 1.165) is 25.7 Å². The van der Waals surface area contributed by atoms with Gasteiger partial charge in [-0.3, -0.25) is 4.79 Å². The summed E-state index contributed by atoms with van der Waals surface area (Å²) in [5.74, 6) is 0.584. The molecule has 0 unspecified atom stereocenters. The van der Waals surface area contributed by atoms with E-state index < -0.39 is 0 Å². The van der Waals surface area contributed by atoms with Gasteiger partial charge in [0.05, 0.1) is 6.33 Å². The Morgan fingerprint density at radius 2 is 2.18 bits per heavy atom. The van der Waals surface area contributed by atoms with Gasteiger partial charge in [0.1, 0.15) is 6.10 Å². The maximum absolute atomic E-state index is 11.2. The fraction of sp³-hybridized carbons (Fsp3) is 0.636. The smallest absolute Gasteiger partial charge is 0.277 e. The topological polar surface area (TPSA) is 101 Å². The first-order valence-corrected chi connectivity index (χ1v) is 5.81. The minimum atomic E-state index is -0.376. The molecule has 17 heavy (non-hydrogen) atoms. The standard InChI is InChI=1S/C11H17N3O3/c12-9-10(16)13-6-14-11(9)17-8-3-1-7(5-15)2-4-8/h6-8,15H,1-5,12H2,(H,13,14,16). The van der Waals surface area contributed by atoms with Crippen LogP contribution >= 0.6 is 0 Å². The van der Waals surface area contributed by atoms with Crippen molar-refractivity contribution < 1.29 is 9.84 Å². The molecule has 1 fully saturated rings. The van der Waals surface area contributed by atoms with Gasteiger partial charge in [-0.2, -0.15) is 0 Å². The lowest BCUT2D eigenvalue weighted by atomic mass is 9.88. The Morgan fingerprint density at radius 1 is 1.47 bits per heavy atom. The van der Waals surface area contributed by atoms with E-state index in [4.69, 9.17) is 15.6 Å². The van der Waals surface area contributed by atoms with Crippen molar-refractivity contribution in [3.8, 4) is 5.88 Å². The van der Waals surface area contributed by atoms with Gasteiger partial charge in [0.25, 0.3) is 5.56 Å². The molecule has 1 saturated carbocycles. The molecule has 1 aromatic rings. The molecule has 0 amide bonds. The highest BCUT2D eigenvalue weighted by Crippen LogP contribution is 2.27. The second kappa shape index (κ2) is 5.18. The molecule has 6 nitrogen and oxygen atoms in total. The van der Waals surface area contributed by atoms with Gasteiger partial charge in [0.15, 0.2) is 5.69 Å². The molecule has 0 radical (unpaired) electrons. The molecule has 1 aliphatic rings. The second-order valence-electron chi connectivity index (χ2n) is 4.39. The van der Waals surface area contributed by atoms with E-state index in [1.165, 1.54) is 6.33 Å². The van der Waals surface area contributed by atoms with Crippen LogP contribution in [-0.4, -0.2) is 27.8 Å². The summed E-state index contributed by atoms with van der Waals surface area (Å²) < 4.78 is 5.62. The summed E-state index contributed by atoms with van der Waals surface area (Å²) in [5, 5.41) is 9.03. The number of hydrogen-bond donors (Lipinski definition) is 3. The van der Waals surface area contributed by atoms with Crippen molar-refractivity contribution in [2.75, 3.05) is 12.3 Å². The summed E-state index contributed by atoms with van der Waals surface area (Å²) in [6.07, 6.45) is 4.91. The summed E-state index contributed by atoms with van der Waals surface area (Å²) >= 11 is 0. The van der Waals surface area contributed by atoms with Crippen LogP contribution in [0.25, 0.3) is 0 Å². The zero-order valence-electron chi connectivity index (χ0n) is 9.56. The van der Waals surface area contributed by atoms with Gasteiger partial charge in [-0.15, -0.1) is 0 Å². The summed E-state index contributed by atoms with van der Waals surface area (Å²) in [7, 11) is 0. The normalized spacial score (nSPS) is 24.5. The number of anilines is 1. The van der Waals surface area contributed by atoms with Crippen LogP contribution in [0.5, 0.6) is 5.88 Å². The second-order valence-corrected chi connectivity index (χ2v) is 4.39. The molecule has 1 heterocycles. The predicted molar refractivity (Wildman–Crippen MR) is 62.7 cm³/mol. The first kappa shape index (κ1) is 11.9. The Hall–Kier alpha value is -1.56. The third kappa shape index (κ3) is 2.76. The first-order valence-electron chi connectivity index (χ1n) is 5.81. The molecule has 0 bridgehead atoms. The van der Waals surface area contributed by atoms with Crippen LogP contribution in [0, 0.1) is 5.92 Å². The molecule has 1 aliphatic carbocycles. The number of nitrogen functional groups attached to an aromatic ring is 1. The molecule has 1 aromatic heterocycles. The van der Waals surface area contributed by atoms with E-state index >= 15 is 0 Å². The molecule has 0 saturated heterocycles. The Morgan fingerprint density at radius 3 is 2.82 bits per heavy atom. The third-order valence-electron chi connectivity index (χ3n) is 3.18. The van der Waals surface area contributed by atoms with Crippen molar-refractivity contribution in [1.29, 1.82) is 0 Å². The Kier molecular flexibility index (Phi) is 3.63. The fourth-order valence-electron chi connectivity index (χ4n) is 2.08. The number of aliphatic hydroxyl groups excluding tert-OH is 1. The van der Waals surface area contributed by atoms with Crippen LogP contribution in [-0.2, 0) is 0 Å². The highest BCUT2D eigenvalue weighted by atomic mass is 16.5. The highest BCUT2D eigenvalue weighted by molar-refractivity contribution is 5.44. The number of aromatic amines is 1. The summed E-state index contributed by atoms with van der Waals surface area (Å²) in [4.78, 5) is 17.6. The van der Waals surface area contributed by atoms with Crippen molar-refractivity contribution in [3.63, 3.8) is 0 Å². The van der Waals surface area contributed by atoms with E-state index in [9.17, 15) is 4.79 Å². The monoisotopic (exact) mass is 239 g/mol. The minimum absolute atomic E-state index is 0.0248. The number of hydrogen-bond acceptors (Lipinski definition) is 5. The Labute approximate surface area is 98.8 Å². The van der Waals surface area contributed by atoms with Gasteiger partial charge in [0, 0.05) is 6.61 Å². The Bertz CT molecular complexity index is 424. The number of nitrogens with zero attached hydrogens (tertiary/aromatic N) is 1. The maximum Gasteiger partial charge on any atom is 0.277 e. The van der Waals surface area contributed by atoms with Gasteiger partial charge in [-0.05, 0) is 31.6 Å². The molecule has 94 valence electrons. The van der Waals surface area contributed by atoms with Gasteiger partial charge >= 0.3 is 0 Å². The summed E-state index contributed by atoms with van der Waals surface area (Å²) in [6, 6.07) is 0. The van der Waals surface area contributed by atoms with E-state index in [1.54, 1.807) is 0 Å². The van der Waals surface area contributed by atoms with Gasteiger partial charge in [-0.1, -0.05) is 0 Å².